The van der Waals surface area contributed by atoms with Crippen LogP contribution in [0, 0.1) is 6.92 Å². The molecular formula is C21H17Cl3F6N2O3S. The van der Waals surface area contributed by atoms with E-state index in [1.165, 1.54) is 6.92 Å². The largest absolute Gasteiger partial charge is 0.417 e. The van der Waals surface area contributed by atoms with Gasteiger partial charge in [-0.3, -0.25) is 14.4 Å². The zero-order chi connectivity index (χ0) is 27.8. The molecule has 0 aliphatic rings. The standard InChI is InChI=1S/C21H17Cl3F6N2O3S/c1-10-5-16(36-18(10)19(35)31-8-17(34)32-9-20(25,26)27)15(33)7-13(21(28,29)30)12(3-4-22)6-14(24)11(2)23/h3,5-7H,2,4,8-9H2,1H3,(H,31,35)(H,32,34)/b12-3+,13-7-,14-6+. The zero-order valence-corrected chi connectivity index (χ0v) is 21.3. The Morgan fingerprint density at radius 2 is 1.69 bits per heavy atom. The molecule has 0 radical (unpaired) electrons. The summed E-state index contributed by atoms with van der Waals surface area (Å²) in [6, 6.07) is 1.16. The second-order valence-corrected chi connectivity index (χ2v) is 9.05. The fourth-order valence-electron chi connectivity index (χ4n) is 2.41. The summed E-state index contributed by atoms with van der Waals surface area (Å²) >= 11 is 17.5. The van der Waals surface area contributed by atoms with Gasteiger partial charge in [0.25, 0.3) is 5.91 Å². The van der Waals surface area contributed by atoms with Gasteiger partial charge in [-0.1, -0.05) is 35.9 Å². The highest BCUT2D eigenvalue weighted by molar-refractivity contribution is 7.16. The fourth-order valence-corrected chi connectivity index (χ4v) is 3.74. The van der Waals surface area contributed by atoms with Crippen LogP contribution < -0.4 is 10.6 Å². The van der Waals surface area contributed by atoms with Crippen LogP contribution in [0.2, 0.25) is 0 Å². The Balaban J connectivity index is 3.19. The van der Waals surface area contributed by atoms with E-state index in [1.54, 1.807) is 5.32 Å². The molecule has 36 heavy (non-hydrogen) atoms. The summed E-state index contributed by atoms with van der Waals surface area (Å²) in [5.74, 6) is -3.48. The van der Waals surface area contributed by atoms with Gasteiger partial charge in [0.1, 0.15) is 6.54 Å². The van der Waals surface area contributed by atoms with Gasteiger partial charge in [0, 0.05) is 5.88 Å². The molecule has 0 spiro atoms. The van der Waals surface area contributed by atoms with Crippen LogP contribution in [0.4, 0.5) is 26.3 Å². The van der Waals surface area contributed by atoms with Gasteiger partial charge in [0.15, 0.2) is 5.78 Å². The van der Waals surface area contributed by atoms with Crippen LogP contribution in [-0.4, -0.2) is 48.9 Å². The second-order valence-electron chi connectivity index (χ2n) is 6.83. The van der Waals surface area contributed by atoms with Crippen molar-refractivity contribution in [3.05, 3.63) is 67.4 Å². The van der Waals surface area contributed by atoms with Crippen molar-refractivity contribution >= 4 is 63.7 Å². The molecule has 0 fully saturated rings. The van der Waals surface area contributed by atoms with E-state index in [4.69, 9.17) is 34.8 Å². The molecule has 1 heterocycles. The van der Waals surface area contributed by atoms with E-state index in [9.17, 15) is 40.7 Å². The van der Waals surface area contributed by atoms with Crippen molar-refractivity contribution in [2.45, 2.75) is 19.3 Å². The van der Waals surface area contributed by atoms with Crippen molar-refractivity contribution in [3.8, 4) is 0 Å². The molecule has 2 N–H and O–H groups in total. The smallest absolute Gasteiger partial charge is 0.345 e. The maximum absolute atomic E-state index is 13.7. The monoisotopic (exact) mass is 596 g/mol. The molecule has 0 aliphatic heterocycles. The van der Waals surface area contributed by atoms with Crippen LogP contribution in [-0.2, 0) is 4.79 Å². The van der Waals surface area contributed by atoms with E-state index in [2.05, 4.69) is 11.9 Å². The van der Waals surface area contributed by atoms with E-state index in [1.807, 2.05) is 0 Å². The van der Waals surface area contributed by atoms with Gasteiger partial charge in [-0.25, -0.2) is 0 Å². The molecule has 0 atom stereocenters. The van der Waals surface area contributed by atoms with Crippen LogP contribution in [0.1, 0.15) is 24.9 Å². The first-order valence-electron chi connectivity index (χ1n) is 9.50. The van der Waals surface area contributed by atoms with Gasteiger partial charge in [-0.2, -0.15) is 26.3 Å². The van der Waals surface area contributed by atoms with E-state index in [0.29, 0.717) is 17.4 Å². The Hall–Kier alpha value is -2.28. The van der Waals surface area contributed by atoms with Crippen molar-refractivity contribution < 1.29 is 40.7 Å². The summed E-state index contributed by atoms with van der Waals surface area (Å²) in [6.45, 7) is 2.30. The van der Waals surface area contributed by atoms with Crippen LogP contribution in [0.25, 0.3) is 0 Å². The lowest BCUT2D eigenvalue weighted by atomic mass is 10.0. The SMILES string of the molecule is C=C(Cl)\C(Cl)=C/C(=C\CCl)C(=C/C(=O)c1cc(C)c(C(=O)NCC(=O)NCC(F)(F)F)s1)/C(F)(F)F. The number of allylic oxidation sites excluding steroid dienone is 7. The molecule has 5 nitrogen and oxygen atoms in total. The average molecular weight is 598 g/mol. The summed E-state index contributed by atoms with van der Waals surface area (Å²) in [6.07, 6.45) is -7.55. The van der Waals surface area contributed by atoms with Crippen LogP contribution >= 0.6 is 46.1 Å². The zero-order valence-electron chi connectivity index (χ0n) is 18.2. The first-order chi connectivity index (χ1) is 16.5. The number of rotatable bonds is 10. The Kier molecular flexibility index (Phi) is 11.7. The highest BCUT2D eigenvalue weighted by atomic mass is 35.5. The van der Waals surface area contributed by atoms with Gasteiger partial charge < -0.3 is 10.6 Å². The minimum Gasteiger partial charge on any atom is -0.345 e. The van der Waals surface area contributed by atoms with Crippen LogP contribution in [0.3, 0.4) is 0 Å². The summed E-state index contributed by atoms with van der Waals surface area (Å²) in [5, 5.41) is 3.07. The van der Waals surface area contributed by atoms with Crippen molar-refractivity contribution in [1.29, 1.82) is 0 Å². The van der Waals surface area contributed by atoms with E-state index >= 15 is 0 Å². The molecule has 0 saturated heterocycles. The molecule has 0 bridgehead atoms. The molecule has 1 aromatic rings. The molecule has 0 aromatic carbocycles. The first-order valence-corrected chi connectivity index (χ1v) is 11.6. The molecule has 198 valence electrons. The third kappa shape index (κ3) is 10.4. The minimum atomic E-state index is -5.01. The van der Waals surface area contributed by atoms with Gasteiger partial charge in [0.2, 0.25) is 5.91 Å². The topological polar surface area (TPSA) is 75.3 Å². The van der Waals surface area contributed by atoms with Crippen molar-refractivity contribution in [3.63, 3.8) is 0 Å². The minimum absolute atomic E-state index is 0.123. The maximum atomic E-state index is 13.7. The summed E-state index contributed by atoms with van der Waals surface area (Å²) in [4.78, 5) is 36.0. The van der Waals surface area contributed by atoms with E-state index < -0.39 is 54.2 Å². The number of halogens is 9. The predicted molar refractivity (Wildman–Crippen MR) is 127 cm³/mol. The number of carbonyl (C=O) groups excluding carboxylic acids is 3. The molecule has 0 saturated carbocycles. The highest BCUT2D eigenvalue weighted by Crippen LogP contribution is 2.35. The number of hydrogen-bond donors (Lipinski definition) is 2. The predicted octanol–water partition coefficient (Wildman–Crippen LogP) is 6.18. The molecule has 0 unspecified atom stereocenters. The number of alkyl halides is 7. The fraction of sp³-hybridized carbons (Fsp3) is 0.286. The lowest BCUT2D eigenvalue weighted by Gasteiger charge is -2.13. The Morgan fingerprint density at radius 1 is 1.08 bits per heavy atom. The van der Waals surface area contributed by atoms with E-state index in [-0.39, 0.29) is 31.3 Å². The molecular weight excluding hydrogens is 581 g/mol. The van der Waals surface area contributed by atoms with Gasteiger partial charge >= 0.3 is 12.4 Å². The van der Waals surface area contributed by atoms with Gasteiger partial charge in [-0.15, -0.1) is 22.9 Å². The number of nitrogens with one attached hydrogen (secondary N) is 2. The Labute approximate surface area is 220 Å². The van der Waals surface area contributed by atoms with Crippen LogP contribution in [0.5, 0.6) is 0 Å². The summed E-state index contributed by atoms with van der Waals surface area (Å²) in [7, 11) is 0. The first kappa shape index (κ1) is 31.7. The molecule has 1 aromatic heterocycles. The maximum Gasteiger partial charge on any atom is 0.417 e. The van der Waals surface area contributed by atoms with Crippen molar-refractivity contribution in [1.82, 2.24) is 10.6 Å². The molecule has 1 rings (SSSR count). The number of thiophene rings is 1. The average Bonchev–Trinajstić information content (AvgIpc) is 3.14. The van der Waals surface area contributed by atoms with Gasteiger partial charge in [-0.05, 0) is 36.3 Å². The molecule has 15 heteroatoms. The third-order valence-electron chi connectivity index (χ3n) is 3.99. The number of amides is 2. The van der Waals surface area contributed by atoms with E-state index in [0.717, 1.165) is 18.2 Å². The summed E-state index contributed by atoms with van der Waals surface area (Å²) < 4.78 is 77.6. The van der Waals surface area contributed by atoms with Gasteiger partial charge in [0.05, 0.1) is 31.9 Å². The third-order valence-corrected chi connectivity index (χ3v) is 6.03. The van der Waals surface area contributed by atoms with Crippen molar-refractivity contribution in [2.24, 2.45) is 0 Å². The lowest BCUT2D eigenvalue weighted by Crippen LogP contribution is -2.40. The number of carbonyl (C=O) groups is 3. The lowest BCUT2D eigenvalue weighted by molar-refractivity contribution is -0.137. The van der Waals surface area contributed by atoms with Crippen molar-refractivity contribution in [2.75, 3.05) is 19.0 Å². The molecule has 0 aliphatic carbocycles. The Morgan fingerprint density at radius 3 is 2.19 bits per heavy atom. The number of hydrogen-bond acceptors (Lipinski definition) is 4. The van der Waals surface area contributed by atoms with Crippen LogP contribution in [0.15, 0.2) is 52.1 Å². The molecule has 2 amide bonds. The number of aryl methyl sites for hydroxylation is 1. The summed E-state index contributed by atoms with van der Waals surface area (Å²) in [5.41, 5.74) is -1.74. The highest BCUT2D eigenvalue weighted by Gasteiger charge is 2.36. The number of ketones is 1. The Bertz CT molecular complexity index is 1120. The normalized spacial score (nSPS) is 13.4. The second kappa shape index (κ2) is 13.3. The quantitative estimate of drug-likeness (QED) is 0.111.